The van der Waals surface area contributed by atoms with Crippen LogP contribution in [-0.4, -0.2) is 72.9 Å². The second kappa shape index (κ2) is 14.4. The highest BCUT2D eigenvalue weighted by Crippen LogP contribution is 2.32. The van der Waals surface area contributed by atoms with E-state index in [0.29, 0.717) is 62.6 Å². The van der Waals surface area contributed by atoms with E-state index >= 15 is 4.39 Å². The van der Waals surface area contributed by atoms with E-state index in [0.717, 1.165) is 6.07 Å². The maximum absolute atomic E-state index is 15.1. The van der Waals surface area contributed by atoms with Crippen molar-refractivity contribution in [2.24, 2.45) is 5.92 Å². The highest BCUT2D eigenvalue weighted by Gasteiger charge is 2.30. The predicted octanol–water partition coefficient (Wildman–Crippen LogP) is 5.39. The predicted molar refractivity (Wildman–Crippen MR) is 154 cm³/mol. The number of carbonyl (C=O) groups is 3. The molecule has 240 valence electrons. The molecule has 4 rings (SSSR count). The van der Waals surface area contributed by atoms with Gasteiger partial charge in [-0.15, -0.1) is 0 Å². The minimum absolute atomic E-state index is 0.119. The number of amides is 3. The quantitative estimate of drug-likeness (QED) is 0.272. The Labute approximate surface area is 255 Å². The molecule has 1 saturated carbocycles. The third kappa shape index (κ3) is 8.94. The summed E-state index contributed by atoms with van der Waals surface area (Å²) in [5.74, 6) is -4.50. The van der Waals surface area contributed by atoms with Gasteiger partial charge in [0.2, 0.25) is 5.91 Å². The summed E-state index contributed by atoms with van der Waals surface area (Å²) in [5.41, 5.74) is 0.0248. The van der Waals surface area contributed by atoms with E-state index in [1.165, 1.54) is 18.2 Å². The molecule has 1 heterocycles. The van der Waals surface area contributed by atoms with Crippen molar-refractivity contribution in [2.75, 3.05) is 42.9 Å². The highest BCUT2D eigenvalue weighted by molar-refractivity contribution is 6.31. The summed E-state index contributed by atoms with van der Waals surface area (Å²) in [6.45, 7) is 0.993. The van der Waals surface area contributed by atoms with Crippen LogP contribution in [0.3, 0.4) is 0 Å². The van der Waals surface area contributed by atoms with Crippen LogP contribution in [0.25, 0.3) is 0 Å². The Bertz CT molecular complexity index is 1370. The lowest BCUT2D eigenvalue weighted by Crippen LogP contribution is -2.47. The van der Waals surface area contributed by atoms with Gasteiger partial charge < -0.3 is 26.0 Å². The molecule has 15 heteroatoms. The minimum atomic E-state index is -4.25. The molecule has 44 heavy (non-hydrogen) atoms. The molecule has 0 unspecified atom stereocenters. The van der Waals surface area contributed by atoms with Gasteiger partial charge in [0.1, 0.15) is 0 Å². The SMILES string of the molecule is O=C(O)N[C@H]1CCC[C@@H](C(=O)NCc2ccc(C(=O)Nc3ccc(Cl)cc3N3CCN(CCC(F)(F)F)CC3)c(F)c2F)C1. The topological polar surface area (TPSA) is 114 Å². The number of alkyl halides is 3. The Morgan fingerprint density at radius 1 is 1.00 bits per heavy atom. The van der Waals surface area contributed by atoms with Gasteiger partial charge in [-0.25, -0.2) is 13.6 Å². The molecule has 0 spiro atoms. The average Bonchev–Trinajstić information content (AvgIpc) is 2.97. The molecule has 4 N–H and O–H groups in total. The second-order valence-corrected chi connectivity index (χ2v) is 11.4. The van der Waals surface area contributed by atoms with Gasteiger partial charge >= 0.3 is 12.3 Å². The molecule has 0 radical (unpaired) electrons. The molecule has 2 aliphatic rings. The van der Waals surface area contributed by atoms with Crippen molar-refractivity contribution in [1.29, 1.82) is 0 Å². The fraction of sp³-hybridized carbons (Fsp3) is 0.483. The van der Waals surface area contributed by atoms with Crippen molar-refractivity contribution in [3.05, 3.63) is 58.1 Å². The number of piperazine rings is 1. The summed E-state index contributed by atoms with van der Waals surface area (Å²) in [6, 6.07) is 6.54. The van der Waals surface area contributed by atoms with E-state index in [1.54, 1.807) is 11.0 Å². The van der Waals surface area contributed by atoms with Crippen LogP contribution < -0.4 is 20.9 Å². The molecule has 1 saturated heterocycles. The zero-order valence-electron chi connectivity index (χ0n) is 23.7. The first-order valence-electron chi connectivity index (χ1n) is 14.2. The second-order valence-electron chi connectivity index (χ2n) is 10.9. The van der Waals surface area contributed by atoms with Gasteiger partial charge in [0.15, 0.2) is 11.6 Å². The normalized spacial score (nSPS) is 19.4. The molecular weight excluding hydrogens is 613 g/mol. The van der Waals surface area contributed by atoms with Crippen LogP contribution in [0.4, 0.5) is 38.1 Å². The van der Waals surface area contributed by atoms with Crippen LogP contribution in [-0.2, 0) is 11.3 Å². The van der Waals surface area contributed by atoms with Crippen molar-refractivity contribution in [3.63, 3.8) is 0 Å². The molecule has 2 aromatic rings. The standard InChI is InChI=1S/C29H33ClF5N5O4/c30-19-5-7-22(23(15-19)40-12-10-39(11-13-40)9-8-29(33,34)35)38-27(42)21-6-4-18(24(31)25(21)32)16-36-26(41)17-2-1-3-20(14-17)37-28(43)44/h4-7,15,17,20,37H,1-3,8-14,16H2,(H,36,41)(H,38,42)(H,43,44)/t17-,20+/m1/s1. The first-order chi connectivity index (χ1) is 20.8. The minimum Gasteiger partial charge on any atom is -0.465 e. The van der Waals surface area contributed by atoms with Crippen LogP contribution in [0.2, 0.25) is 5.02 Å². The van der Waals surface area contributed by atoms with Gasteiger partial charge in [-0.3, -0.25) is 14.5 Å². The smallest absolute Gasteiger partial charge is 0.404 e. The Balaban J connectivity index is 1.38. The Kier molecular flexibility index (Phi) is 10.9. The van der Waals surface area contributed by atoms with E-state index in [-0.39, 0.29) is 30.4 Å². The van der Waals surface area contributed by atoms with Crippen molar-refractivity contribution in [2.45, 2.75) is 50.9 Å². The Morgan fingerprint density at radius 2 is 1.73 bits per heavy atom. The van der Waals surface area contributed by atoms with Crippen LogP contribution in [0.15, 0.2) is 30.3 Å². The molecule has 2 fully saturated rings. The Hall–Kier alpha value is -3.65. The molecule has 2 aromatic carbocycles. The number of nitrogens with one attached hydrogen (secondary N) is 3. The Morgan fingerprint density at radius 3 is 2.41 bits per heavy atom. The van der Waals surface area contributed by atoms with Crippen LogP contribution in [0.1, 0.15) is 48.0 Å². The molecule has 9 nitrogen and oxygen atoms in total. The maximum Gasteiger partial charge on any atom is 0.404 e. The summed E-state index contributed by atoms with van der Waals surface area (Å²) >= 11 is 6.17. The van der Waals surface area contributed by atoms with Gasteiger partial charge in [0.05, 0.1) is 23.4 Å². The summed E-state index contributed by atoms with van der Waals surface area (Å²) in [5, 5.41) is 16.8. The summed E-state index contributed by atoms with van der Waals surface area (Å²) < 4.78 is 67.8. The number of carbonyl (C=O) groups excluding carboxylic acids is 2. The lowest BCUT2D eigenvalue weighted by atomic mass is 9.85. The van der Waals surface area contributed by atoms with E-state index in [2.05, 4.69) is 16.0 Å². The van der Waals surface area contributed by atoms with Gasteiger partial charge in [-0.1, -0.05) is 24.1 Å². The molecule has 2 atom stereocenters. The van der Waals surface area contributed by atoms with Gasteiger partial charge in [0, 0.05) is 61.8 Å². The highest BCUT2D eigenvalue weighted by atomic mass is 35.5. The lowest BCUT2D eigenvalue weighted by Gasteiger charge is -2.37. The number of hydrogen-bond donors (Lipinski definition) is 4. The van der Waals surface area contributed by atoms with Crippen molar-refractivity contribution in [3.8, 4) is 0 Å². The number of anilines is 2. The first kappa shape index (κ1) is 33.2. The fourth-order valence-electron chi connectivity index (χ4n) is 5.52. The maximum atomic E-state index is 15.1. The monoisotopic (exact) mass is 645 g/mol. The van der Waals surface area contributed by atoms with Crippen LogP contribution in [0.5, 0.6) is 0 Å². The number of nitrogens with zero attached hydrogens (tertiary/aromatic N) is 2. The summed E-state index contributed by atoms with van der Waals surface area (Å²) in [4.78, 5) is 40.1. The summed E-state index contributed by atoms with van der Waals surface area (Å²) in [7, 11) is 0. The van der Waals surface area contributed by atoms with E-state index in [4.69, 9.17) is 16.7 Å². The number of halogens is 6. The van der Waals surface area contributed by atoms with Gasteiger partial charge in [0.25, 0.3) is 5.91 Å². The van der Waals surface area contributed by atoms with Gasteiger partial charge in [-0.05, 0) is 43.5 Å². The first-order valence-corrected chi connectivity index (χ1v) is 14.6. The number of benzene rings is 2. The molecular formula is C29H33ClF5N5O4. The van der Waals surface area contributed by atoms with Crippen LogP contribution in [0, 0.1) is 17.6 Å². The van der Waals surface area contributed by atoms with Crippen LogP contribution >= 0.6 is 11.6 Å². The molecule has 3 amide bonds. The number of rotatable bonds is 9. The number of hydrogen-bond acceptors (Lipinski definition) is 5. The molecule has 0 bridgehead atoms. The molecule has 0 aromatic heterocycles. The average molecular weight is 646 g/mol. The zero-order chi connectivity index (χ0) is 32.0. The van der Waals surface area contributed by atoms with E-state index in [1.807, 2.05) is 4.90 Å². The molecule has 1 aliphatic heterocycles. The van der Waals surface area contributed by atoms with E-state index in [9.17, 15) is 31.9 Å². The largest absolute Gasteiger partial charge is 0.465 e. The van der Waals surface area contributed by atoms with Crippen molar-refractivity contribution in [1.82, 2.24) is 15.5 Å². The van der Waals surface area contributed by atoms with Gasteiger partial charge in [-0.2, -0.15) is 13.2 Å². The lowest BCUT2D eigenvalue weighted by molar-refractivity contribution is -0.138. The zero-order valence-corrected chi connectivity index (χ0v) is 24.4. The third-order valence-electron chi connectivity index (χ3n) is 7.87. The number of carboxylic acid groups (broad SMARTS) is 1. The van der Waals surface area contributed by atoms with E-state index < -0.39 is 53.6 Å². The summed E-state index contributed by atoms with van der Waals surface area (Å²) in [6.07, 6.45) is -4.24. The van der Waals surface area contributed by atoms with Crippen molar-refractivity contribution < 1.29 is 41.4 Å². The molecule has 1 aliphatic carbocycles. The third-order valence-corrected chi connectivity index (χ3v) is 8.10. The fourth-order valence-corrected chi connectivity index (χ4v) is 5.69. The van der Waals surface area contributed by atoms with Crippen molar-refractivity contribution >= 4 is 40.9 Å².